The van der Waals surface area contributed by atoms with Crippen molar-refractivity contribution in [3.05, 3.63) is 59.9 Å². The second-order valence-corrected chi connectivity index (χ2v) is 10.6. The van der Waals surface area contributed by atoms with Crippen molar-refractivity contribution >= 4 is 15.7 Å². The highest BCUT2D eigenvalue weighted by molar-refractivity contribution is 7.92. The average Bonchev–Trinajstić information content (AvgIpc) is 3.15. The molecule has 30 heavy (non-hydrogen) atoms. The summed E-state index contributed by atoms with van der Waals surface area (Å²) in [6.07, 6.45) is 4.05. The number of hydrogen-bond donors (Lipinski definition) is 3. The molecule has 0 amide bonds. The molecule has 4 atom stereocenters. The van der Waals surface area contributed by atoms with Gasteiger partial charge in [0.1, 0.15) is 6.10 Å². The van der Waals surface area contributed by atoms with Gasteiger partial charge >= 0.3 is 0 Å². The number of likely N-dealkylation sites (tertiary alicyclic amines) is 1. The molecule has 2 fully saturated rings. The van der Waals surface area contributed by atoms with E-state index in [4.69, 9.17) is 0 Å². The predicted octanol–water partition coefficient (Wildman–Crippen LogP) is 1.80. The van der Waals surface area contributed by atoms with Crippen LogP contribution in [0.2, 0.25) is 0 Å². The number of rotatable bonds is 7. The number of β-amino-alcohol motifs (C(OH)–C–C–N with tert-alkyl or cyclic N) is 1. The van der Waals surface area contributed by atoms with E-state index in [-0.39, 0.29) is 0 Å². The first-order chi connectivity index (χ1) is 14.2. The molecule has 2 aromatic rings. The normalized spacial score (nSPS) is 27.7. The molecule has 2 heterocycles. The predicted molar refractivity (Wildman–Crippen MR) is 115 cm³/mol. The second-order valence-electron chi connectivity index (χ2n) is 8.90. The number of fused-ring (bicyclic) bond motifs is 1. The molecule has 8 heteroatoms. The zero-order valence-corrected chi connectivity index (χ0v) is 17.9. The van der Waals surface area contributed by atoms with Crippen LogP contribution in [0.5, 0.6) is 0 Å². The smallest absolute Gasteiger partial charge is 0.229 e. The van der Waals surface area contributed by atoms with Gasteiger partial charge in [0.05, 0.1) is 29.4 Å². The van der Waals surface area contributed by atoms with Gasteiger partial charge in [-0.15, -0.1) is 0 Å². The molecule has 1 saturated heterocycles. The number of aliphatic hydroxyl groups excluding tert-OH is 1. The van der Waals surface area contributed by atoms with Gasteiger partial charge in [-0.25, -0.2) is 8.42 Å². The highest BCUT2D eigenvalue weighted by Crippen LogP contribution is 2.45. The number of aliphatic hydroxyl groups is 2. The topological polar surface area (TPSA) is 103 Å². The first-order valence-electron chi connectivity index (χ1n) is 10.3. The molecule has 0 bridgehead atoms. The van der Waals surface area contributed by atoms with Crippen LogP contribution in [0, 0.1) is 11.8 Å². The minimum Gasteiger partial charge on any atom is -0.390 e. The van der Waals surface area contributed by atoms with E-state index in [0.717, 1.165) is 32.2 Å². The first-order valence-corrected chi connectivity index (χ1v) is 12.2. The van der Waals surface area contributed by atoms with Crippen LogP contribution in [0.1, 0.15) is 30.2 Å². The van der Waals surface area contributed by atoms with Gasteiger partial charge in [0, 0.05) is 26.1 Å². The third kappa shape index (κ3) is 5.18. The Kier molecular flexibility index (Phi) is 5.85. The Balaban J connectivity index is 1.30. The van der Waals surface area contributed by atoms with Crippen LogP contribution in [0.3, 0.4) is 0 Å². The largest absolute Gasteiger partial charge is 0.390 e. The first kappa shape index (κ1) is 21.2. The number of pyridine rings is 1. The van der Waals surface area contributed by atoms with Crippen LogP contribution in [0.25, 0.3) is 0 Å². The van der Waals surface area contributed by atoms with Gasteiger partial charge in [0.15, 0.2) is 0 Å². The Bertz CT molecular complexity index is 952. The van der Waals surface area contributed by atoms with Crippen molar-refractivity contribution in [3.63, 3.8) is 0 Å². The molecule has 0 radical (unpaired) electrons. The summed E-state index contributed by atoms with van der Waals surface area (Å²) < 4.78 is 24.9. The minimum absolute atomic E-state index is 0.377. The van der Waals surface area contributed by atoms with Gasteiger partial charge in [0.25, 0.3) is 0 Å². The number of nitrogens with zero attached hydrogens (tertiary/aromatic N) is 2. The van der Waals surface area contributed by atoms with E-state index in [1.165, 1.54) is 11.8 Å². The number of aromatic nitrogens is 1. The van der Waals surface area contributed by atoms with Gasteiger partial charge in [-0.2, -0.15) is 0 Å². The zero-order chi connectivity index (χ0) is 21.4. The third-order valence-electron chi connectivity index (χ3n) is 6.17. The average molecular weight is 432 g/mol. The fraction of sp³-hybridized carbons (Fsp3) is 0.500. The van der Waals surface area contributed by atoms with Gasteiger partial charge < -0.3 is 10.2 Å². The maximum atomic E-state index is 11.3. The number of anilines is 1. The highest BCUT2D eigenvalue weighted by Gasteiger charge is 2.48. The molecular formula is C22H29N3O4S. The van der Waals surface area contributed by atoms with Gasteiger partial charge in [-0.05, 0) is 42.4 Å². The molecule has 1 saturated carbocycles. The van der Waals surface area contributed by atoms with Gasteiger partial charge in [-0.1, -0.05) is 30.3 Å². The quantitative estimate of drug-likeness (QED) is 0.618. The fourth-order valence-electron chi connectivity index (χ4n) is 5.04. The van der Waals surface area contributed by atoms with Crippen LogP contribution in [0.15, 0.2) is 48.7 Å². The third-order valence-corrected chi connectivity index (χ3v) is 6.78. The van der Waals surface area contributed by atoms with Crippen LogP contribution in [-0.2, 0) is 16.4 Å². The van der Waals surface area contributed by atoms with E-state index >= 15 is 0 Å². The Labute approximate surface area is 177 Å². The molecular weight excluding hydrogens is 402 g/mol. The molecule has 2 aliphatic rings. The molecule has 4 rings (SSSR count). The molecule has 3 N–H and O–H groups in total. The van der Waals surface area contributed by atoms with Crippen molar-refractivity contribution in [2.45, 2.75) is 31.0 Å². The number of sulfonamides is 1. The van der Waals surface area contributed by atoms with E-state index < -0.39 is 21.7 Å². The van der Waals surface area contributed by atoms with E-state index in [1.807, 2.05) is 18.2 Å². The summed E-state index contributed by atoms with van der Waals surface area (Å²) in [6, 6.07) is 13.4. The number of nitrogens with one attached hydrogen (secondary N) is 1. The Morgan fingerprint density at radius 1 is 1.17 bits per heavy atom. The number of hydrogen-bond acceptors (Lipinski definition) is 6. The Hall–Kier alpha value is -2.00. The Morgan fingerprint density at radius 3 is 2.40 bits per heavy atom. The lowest BCUT2D eigenvalue weighted by atomic mass is 9.91. The standard InChI is InChI=1S/C22H29N3O4S/c1-30(28,29)24-19-7-8-20(23-12-19)21(26)15-25-13-17-10-22(27,11-18(17)14-25)9-16-5-3-2-4-6-16/h2-8,12,17-18,21,24,26-27H,9-11,13-15H2,1H3/t17-,18+,21?,22-. The SMILES string of the molecule is CS(=O)(=O)Nc1ccc(C(O)CN2C[C@@H]3C[C@@](O)(Cc4ccccc4)C[C@@H]3C2)nc1. The van der Waals surface area contributed by atoms with E-state index in [1.54, 1.807) is 12.1 Å². The maximum absolute atomic E-state index is 11.3. The summed E-state index contributed by atoms with van der Waals surface area (Å²) in [7, 11) is -3.35. The number of benzene rings is 1. The van der Waals surface area contributed by atoms with E-state index in [9.17, 15) is 18.6 Å². The monoisotopic (exact) mass is 431 g/mol. The molecule has 0 spiro atoms. The van der Waals surface area contributed by atoms with Crippen molar-refractivity contribution in [1.29, 1.82) is 0 Å². The van der Waals surface area contributed by atoms with Crippen molar-refractivity contribution in [1.82, 2.24) is 9.88 Å². The summed E-state index contributed by atoms with van der Waals surface area (Å²) in [5.74, 6) is 0.889. The second kappa shape index (κ2) is 8.26. The van der Waals surface area contributed by atoms with Crippen molar-refractivity contribution in [3.8, 4) is 0 Å². The van der Waals surface area contributed by atoms with Crippen LogP contribution in [0.4, 0.5) is 5.69 Å². The molecule has 1 unspecified atom stereocenters. The minimum atomic E-state index is -3.35. The maximum Gasteiger partial charge on any atom is 0.229 e. The van der Waals surface area contributed by atoms with Crippen molar-refractivity contribution in [2.24, 2.45) is 11.8 Å². The van der Waals surface area contributed by atoms with E-state index in [2.05, 4.69) is 26.7 Å². The summed E-state index contributed by atoms with van der Waals surface area (Å²) in [6.45, 7) is 2.22. The molecule has 162 valence electrons. The van der Waals surface area contributed by atoms with Crippen LogP contribution in [-0.4, -0.2) is 60.0 Å². The summed E-state index contributed by atoms with van der Waals surface area (Å²) >= 11 is 0. The summed E-state index contributed by atoms with van der Waals surface area (Å²) in [5.41, 5.74) is 1.44. The van der Waals surface area contributed by atoms with Gasteiger partial charge in [-0.3, -0.25) is 14.6 Å². The molecule has 1 aliphatic heterocycles. The molecule has 1 aromatic carbocycles. The lowest BCUT2D eigenvalue weighted by molar-refractivity contribution is 0.0327. The highest BCUT2D eigenvalue weighted by atomic mass is 32.2. The molecule has 1 aliphatic carbocycles. The van der Waals surface area contributed by atoms with Gasteiger partial charge in [0.2, 0.25) is 10.0 Å². The molecule has 7 nitrogen and oxygen atoms in total. The van der Waals surface area contributed by atoms with Crippen LogP contribution >= 0.6 is 0 Å². The lowest BCUT2D eigenvalue weighted by Gasteiger charge is -2.27. The lowest BCUT2D eigenvalue weighted by Crippen LogP contribution is -2.33. The van der Waals surface area contributed by atoms with E-state index in [0.29, 0.717) is 36.2 Å². The fourth-order valence-corrected chi connectivity index (χ4v) is 5.59. The van der Waals surface area contributed by atoms with Crippen molar-refractivity contribution < 1.29 is 18.6 Å². The molecule has 1 aromatic heterocycles. The summed E-state index contributed by atoms with van der Waals surface area (Å²) in [4.78, 5) is 6.45. The Morgan fingerprint density at radius 2 is 1.83 bits per heavy atom. The zero-order valence-electron chi connectivity index (χ0n) is 17.1. The van der Waals surface area contributed by atoms with Crippen molar-refractivity contribution in [2.75, 3.05) is 30.6 Å². The summed E-state index contributed by atoms with van der Waals surface area (Å²) in [5, 5.41) is 21.6. The van der Waals surface area contributed by atoms with Crippen LogP contribution < -0.4 is 4.72 Å².